The van der Waals surface area contributed by atoms with Gasteiger partial charge in [0.05, 0.1) is 17.9 Å². The molecule has 2 aromatic rings. The number of aromatic nitrogens is 3. The SMILES string of the molecule is CC1(C)CC[C@@H](C(=O)NCc2cc(-c3ccc(C(F)(F)F)nc3)ncn2)N1C(=O)O. The number of carboxylic acid groups (broad SMARTS) is 1. The smallest absolute Gasteiger partial charge is 0.433 e. The topological polar surface area (TPSA) is 108 Å². The summed E-state index contributed by atoms with van der Waals surface area (Å²) < 4.78 is 37.9. The molecule has 0 radical (unpaired) electrons. The van der Waals surface area contributed by atoms with Gasteiger partial charge in [-0.1, -0.05) is 0 Å². The number of nitrogens with zero attached hydrogens (tertiary/aromatic N) is 4. The van der Waals surface area contributed by atoms with Gasteiger partial charge in [-0.25, -0.2) is 14.8 Å². The number of carbonyl (C=O) groups excluding carboxylic acids is 1. The van der Waals surface area contributed by atoms with Crippen LogP contribution >= 0.6 is 0 Å². The predicted molar refractivity (Wildman–Crippen MR) is 99.1 cm³/mol. The van der Waals surface area contributed by atoms with Crippen molar-refractivity contribution in [2.75, 3.05) is 0 Å². The Labute approximate surface area is 170 Å². The van der Waals surface area contributed by atoms with Crippen LogP contribution in [-0.2, 0) is 17.5 Å². The molecule has 1 aliphatic rings. The molecule has 0 bridgehead atoms. The van der Waals surface area contributed by atoms with Crippen molar-refractivity contribution in [2.45, 2.75) is 51.0 Å². The Kier molecular flexibility index (Phi) is 5.64. The van der Waals surface area contributed by atoms with Gasteiger partial charge in [0.1, 0.15) is 18.1 Å². The maximum Gasteiger partial charge on any atom is 0.433 e. The lowest BCUT2D eigenvalue weighted by Crippen LogP contribution is -2.52. The van der Waals surface area contributed by atoms with Gasteiger partial charge in [0, 0.05) is 17.3 Å². The Hall–Kier alpha value is -3.24. The van der Waals surface area contributed by atoms with Crippen LogP contribution in [-0.4, -0.2) is 48.5 Å². The lowest BCUT2D eigenvalue weighted by molar-refractivity contribution is -0.141. The molecule has 2 amide bonds. The summed E-state index contributed by atoms with van der Waals surface area (Å²) in [6.07, 6.45) is -2.40. The van der Waals surface area contributed by atoms with Crippen molar-refractivity contribution in [1.29, 1.82) is 0 Å². The molecule has 0 aromatic carbocycles. The Balaban J connectivity index is 1.69. The Morgan fingerprint density at radius 2 is 2.00 bits per heavy atom. The van der Waals surface area contributed by atoms with Gasteiger partial charge in [-0.2, -0.15) is 13.2 Å². The zero-order valence-corrected chi connectivity index (χ0v) is 16.3. The van der Waals surface area contributed by atoms with Crippen molar-refractivity contribution in [3.05, 3.63) is 42.1 Å². The molecule has 8 nitrogen and oxygen atoms in total. The first-order valence-electron chi connectivity index (χ1n) is 9.13. The summed E-state index contributed by atoms with van der Waals surface area (Å²) in [5, 5.41) is 12.1. The van der Waals surface area contributed by atoms with Crippen LogP contribution in [0.4, 0.5) is 18.0 Å². The van der Waals surface area contributed by atoms with Crippen LogP contribution in [0, 0.1) is 0 Å². The molecule has 1 atom stereocenters. The van der Waals surface area contributed by atoms with Crippen LogP contribution in [0.25, 0.3) is 11.3 Å². The van der Waals surface area contributed by atoms with E-state index < -0.39 is 35.5 Å². The molecule has 30 heavy (non-hydrogen) atoms. The third-order valence-corrected chi connectivity index (χ3v) is 5.02. The van der Waals surface area contributed by atoms with Gasteiger partial charge >= 0.3 is 12.3 Å². The van der Waals surface area contributed by atoms with Gasteiger partial charge in [0.25, 0.3) is 0 Å². The van der Waals surface area contributed by atoms with Crippen LogP contribution in [0.5, 0.6) is 0 Å². The number of halogens is 3. The lowest BCUT2D eigenvalue weighted by Gasteiger charge is -2.32. The van der Waals surface area contributed by atoms with Gasteiger partial charge in [-0.15, -0.1) is 0 Å². The number of alkyl halides is 3. The molecule has 160 valence electrons. The zero-order chi connectivity index (χ0) is 22.1. The minimum absolute atomic E-state index is 0.0206. The van der Waals surface area contributed by atoms with Crippen LogP contribution in [0.15, 0.2) is 30.7 Å². The standard InChI is InChI=1S/C19H20F3N5O3/c1-18(2)6-5-14(27(18)17(29)30)16(28)24-9-12-7-13(26-10-25-12)11-3-4-15(23-8-11)19(20,21)22/h3-4,7-8,10,14H,5-6,9H2,1-2H3,(H,24,28)(H,29,30)/t14-/m0/s1. The van der Waals surface area contributed by atoms with Crippen molar-refractivity contribution < 1.29 is 27.9 Å². The number of hydrogen-bond acceptors (Lipinski definition) is 5. The van der Waals surface area contributed by atoms with E-state index in [-0.39, 0.29) is 6.54 Å². The molecule has 1 fully saturated rings. The number of hydrogen-bond donors (Lipinski definition) is 2. The van der Waals surface area contributed by atoms with E-state index in [1.807, 2.05) is 0 Å². The van der Waals surface area contributed by atoms with E-state index >= 15 is 0 Å². The monoisotopic (exact) mass is 423 g/mol. The second-order valence-corrected chi connectivity index (χ2v) is 7.56. The molecule has 0 spiro atoms. The van der Waals surface area contributed by atoms with Gasteiger partial charge in [-0.3, -0.25) is 14.7 Å². The quantitative estimate of drug-likeness (QED) is 0.782. The molecule has 2 N–H and O–H groups in total. The van der Waals surface area contributed by atoms with Crippen LogP contribution in [0.2, 0.25) is 0 Å². The fourth-order valence-electron chi connectivity index (χ4n) is 3.46. The second kappa shape index (κ2) is 7.88. The molecule has 11 heteroatoms. The molecule has 1 saturated heterocycles. The number of carbonyl (C=O) groups is 2. The van der Waals surface area contributed by atoms with Crippen LogP contribution in [0.3, 0.4) is 0 Å². The average molecular weight is 423 g/mol. The van der Waals surface area contributed by atoms with Gasteiger partial charge in [0.2, 0.25) is 5.91 Å². The van der Waals surface area contributed by atoms with Gasteiger partial charge in [-0.05, 0) is 44.9 Å². The summed E-state index contributed by atoms with van der Waals surface area (Å²) in [6, 6.07) is 2.85. The lowest BCUT2D eigenvalue weighted by atomic mass is 10.0. The predicted octanol–water partition coefficient (Wildman–Crippen LogP) is 3.09. The molecule has 1 aliphatic heterocycles. The summed E-state index contributed by atoms with van der Waals surface area (Å²) in [7, 11) is 0. The number of likely N-dealkylation sites (tertiary alicyclic amines) is 1. The molecule has 2 aromatic heterocycles. The molecule has 0 aliphatic carbocycles. The first-order valence-corrected chi connectivity index (χ1v) is 9.13. The van der Waals surface area contributed by atoms with Crippen molar-refractivity contribution in [1.82, 2.24) is 25.2 Å². The summed E-state index contributed by atoms with van der Waals surface area (Å²) in [6.45, 7) is 3.55. The van der Waals surface area contributed by atoms with E-state index in [1.165, 1.54) is 18.5 Å². The van der Waals surface area contributed by atoms with Crippen molar-refractivity contribution in [3.8, 4) is 11.3 Å². The maximum atomic E-state index is 12.6. The van der Waals surface area contributed by atoms with Crippen molar-refractivity contribution in [3.63, 3.8) is 0 Å². The van der Waals surface area contributed by atoms with E-state index in [2.05, 4.69) is 20.3 Å². The third-order valence-electron chi connectivity index (χ3n) is 5.02. The van der Waals surface area contributed by atoms with Gasteiger partial charge in [0.15, 0.2) is 0 Å². The number of nitrogens with one attached hydrogen (secondary N) is 1. The highest BCUT2D eigenvalue weighted by Gasteiger charge is 2.45. The molecule has 0 saturated carbocycles. The molecular weight excluding hydrogens is 403 g/mol. The second-order valence-electron chi connectivity index (χ2n) is 7.56. The minimum atomic E-state index is -4.53. The summed E-state index contributed by atoms with van der Waals surface area (Å²) in [4.78, 5) is 36.7. The normalized spacial score (nSPS) is 18.3. The first kappa shape index (κ1) is 21.5. The van der Waals surface area contributed by atoms with Crippen molar-refractivity contribution >= 4 is 12.0 Å². The van der Waals surface area contributed by atoms with Crippen LogP contribution in [0.1, 0.15) is 38.1 Å². The average Bonchev–Trinajstić information content (AvgIpc) is 3.01. The first-order chi connectivity index (χ1) is 14.0. The number of rotatable bonds is 4. The van der Waals surface area contributed by atoms with E-state index in [0.29, 0.717) is 29.8 Å². The third kappa shape index (κ3) is 4.50. The Morgan fingerprint density at radius 1 is 1.27 bits per heavy atom. The molecule has 0 unspecified atom stereocenters. The summed E-state index contributed by atoms with van der Waals surface area (Å²) in [5.41, 5.74) is -0.495. The van der Waals surface area contributed by atoms with Gasteiger partial charge < -0.3 is 10.4 Å². The van der Waals surface area contributed by atoms with E-state index in [0.717, 1.165) is 17.2 Å². The van der Waals surface area contributed by atoms with E-state index in [4.69, 9.17) is 0 Å². The Bertz CT molecular complexity index is 947. The van der Waals surface area contributed by atoms with Crippen molar-refractivity contribution in [2.24, 2.45) is 0 Å². The van der Waals surface area contributed by atoms with E-state index in [9.17, 15) is 27.9 Å². The summed E-state index contributed by atoms with van der Waals surface area (Å²) in [5.74, 6) is -0.431. The Morgan fingerprint density at radius 3 is 2.60 bits per heavy atom. The maximum absolute atomic E-state index is 12.6. The molecular formula is C19H20F3N5O3. The fraction of sp³-hybridized carbons (Fsp3) is 0.421. The number of pyridine rings is 1. The minimum Gasteiger partial charge on any atom is -0.465 e. The fourth-order valence-corrected chi connectivity index (χ4v) is 3.46. The highest BCUT2D eigenvalue weighted by atomic mass is 19.4. The highest BCUT2D eigenvalue weighted by Crippen LogP contribution is 2.33. The van der Waals surface area contributed by atoms with Crippen LogP contribution < -0.4 is 5.32 Å². The highest BCUT2D eigenvalue weighted by molar-refractivity contribution is 5.86. The zero-order valence-electron chi connectivity index (χ0n) is 16.3. The van der Waals surface area contributed by atoms with E-state index in [1.54, 1.807) is 13.8 Å². The summed E-state index contributed by atoms with van der Waals surface area (Å²) >= 11 is 0. The number of amides is 2. The largest absolute Gasteiger partial charge is 0.465 e. The molecule has 3 rings (SSSR count). The molecule has 3 heterocycles.